The van der Waals surface area contributed by atoms with E-state index in [1.54, 1.807) is 6.07 Å². The first-order valence-electron chi connectivity index (χ1n) is 5.36. The van der Waals surface area contributed by atoms with Crippen LogP contribution in [0.1, 0.15) is 36.9 Å². The molecule has 1 aromatic rings. The van der Waals surface area contributed by atoms with Crippen LogP contribution in [0.25, 0.3) is 0 Å². The van der Waals surface area contributed by atoms with Crippen molar-refractivity contribution in [3.8, 4) is 5.75 Å². The molecule has 1 atom stereocenters. The normalized spacial score (nSPS) is 20.5. The van der Waals surface area contributed by atoms with Gasteiger partial charge in [-0.1, -0.05) is 19.4 Å². The van der Waals surface area contributed by atoms with Crippen LogP contribution in [0, 0.1) is 0 Å². The van der Waals surface area contributed by atoms with E-state index in [4.69, 9.17) is 0 Å². The molecular formula is C12H17NO. The van der Waals surface area contributed by atoms with E-state index in [-0.39, 0.29) is 0 Å². The van der Waals surface area contributed by atoms with Crippen LogP contribution in [0.5, 0.6) is 5.75 Å². The molecule has 2 heteroatoms. The molecule has 0 radical (unpaired) electrons. The lowest BCUT2D eigenvalue weighted by atomic mass is 9.92. The van der Waals surface area contributed by atoms with Gasteiger partial charge in [-0.2, -0.15) is 0 Å². The standard InChI is InChI=1S/C12H17NO/c1-2-3-12-11-5-4-10(14)8-9(11)6-7-13-12/h4-5,8,12-14H,2-3,6-7H2,1H3. The van der Waals surface area contributed by atoms with Crippen LogP contribution < -0.4 is 5.32 Å². The summed E-state index contributed by atoms with van der Waals surface area (Å²) >= 11 is 0. The highest BCUT2D eigenvalue weighted by Gasteiger charge is 2.18. The number of phenolic OH excluding ortho intramolecular Hbond substituents is 1. The van der Waals surface area contributed by atoms with Crippen LogP contribution in [0.4, 0.5) is 0 Å². The van der Waals surface area contributed by atoms with Gasteiger partial charge in [-0.3, -0.25) is 0 Å². The Kier molecular flexibility index (Phi) is 2.73. The van der Waals surface area contributed by atoms with Crippen molar-refractivity contribution in [2.24, 2.45) is 0 Å². The molecule has 1 aliphatic heterocycles. The first kappa shape index (κ1) is 9.53. The Labute approximate surface area is 85.0 Å². The molecule has 1 aliphatic rings. The minimum absolute atomic E-state index is 0.390. The Morgan fingerprint density at radius 1 is 1.50 bits per heavy atom. The van der Waals surface area contributed by atoms with Gasteiger partial charge in [0.25, 0.3) is 0 Å². The average molecular weight is 191 g/mol. The van der Waals surface area contributed by atoms with Crippen LogP contribution in [-0.2, 0) is 6.42 Å². The van der Waals surface area contributed by atoms with E-state index in [0.717, 1.165) is 13.0 Å². The molecule has 0 aliphatic carbocycles. The zero-order valence-electron chi connectivity index (χ0n) is 8.59. The summed E-state index contributed by atoms with van der Waals surface area (Å²) in [6, 6.07) is 6.23. The van der Waals surface area contributed by atoms with Gasteiger partial charge >= 0.3 is 0 Å². The van der Waals surface area contributed by atoms with Gasteiger partial charge in [0.05, 0.1) is 0 Å². The third-order valence-electron chi connectivity index (χ3n) is 2.86. The molecule has 0 saturated carbocycles. The summed E-state index contributed by atoms with van der Waals surface area (Å²) in [5.41, 5.74) is 2.68. The van der Waals surface area contributed by atoms with E-state index in [0.29, 0.717) is 11.8 Å². The van der Waals surface area contributed by atoms with Crippen molar-refractivity contribution in [3.63, 3.8) is 0 Å². The SMILES string of the molecule is CCCC1NCCc2cc(O)ccc21. The van der Waals surface area contributed by atoms with Crippen molar-refractivity contribution >= 4 is 0 Å². The number of hydrogen-bond donors (Lipinski definition) is 2. The second kappa shape index (κ2) is 4.01. The lowest BCUT2D eigenvalue weighted by molar-refractivity contribution is 0.456. The van der Waals surface area contributed by atoms with E-state index in [9.17, 15) is 5.11 Å². The molecule has 1 unspecified atom stereocenters. The van der Waals surface area contributed by atoms with Gasteiger partial charge in [-0.05, 0) is 42.6 Å². The Morgan fingerprint density at radius 3 is 3.14 bits per heavy atom. The fourth-order valence-corrected chi connectivity index (χ4v) is 2.19. The van der Waals surface area contributed by atoms with Crippen molar-refractivity contribution < 1.29 is 5.11 Å². The summed E-state index contributed by atoms with van der Waals surface area (Å²) in [6.45, 7) is 3.23. The summed E-state index contributed by atoms with van der Waals surface area (Å²) in [6.07, 6.45) is 3.40. The van der Waals surface area contributed by atoms with Gasteiger partial charge in [0, 0.05) is 6.04 Å². The molecule has 0 aromatic heterocycles. The molecular weight excluding hydrogens is 174 g/mol. The molecule has 14 heavy (non-hydrogen) atoms. The highest BCUT2D eigenvalue weighted by molar-refractivity contribution is 5.38. The van der Waals surface area contributed by atoms with Crippen LogP contribution in [0.2, 0.25) is 0 Å². The largest absolute Gasteiger partial charge is 0.508 e. The van der Waals surface area contributed by atoms with Gasteiger partial charge in [0.15, 0.2) is 0 Å². The Hall–Kier alpha value is -1.02. The molecule has 76 valence electrons. The number of rotatable bonds is 2. The van der Waals surface area contributed by atoms with Crippen LogP contribution in [-0.4, -0.2) is 11.7 Å². The highest BCUT2D eigenvalue weighted by Crippen LogP contribution is 2.28. The summed E-state index contributed by atoms with van der Waals surface area (Å²) in [5.74, 6) is 0.390. The maximum atomic E-state index is 9.38. The molecule has 1 aromatic carbocycles. The van der Waals surface area contributed by atoms with Crippen LogP contribution in [0.3, 0.4) is 0 Å². The molecule has 0 saturated heterocycles. The molecule has 2 rings (SSSR count). The maximum Gasteiger partial charge on any atom is 0.115 e. The van der Waals surface area contributed by atoms with Gasteiger partial charge in [-0.15, -0.1) is 0 Å². The maximum absolute atomic E-state index is 9.38. The van der Waals surface area contributed by atoms with Gasteiger partial charge in [0.2, 0.25) is 0 Å². The smallest absolute Gasteiger partial charge is 0.115 e. The Bertz CT molecular complexity index is 322. The number of nitrogens with one attached hydrogen (secondary N) is 1. The van der Waals surface area contributed by atoms with E-state index >= 15 is 0 Å². The number of aromatic hydroxyl groups is 1. The zero-order valence-corrected chi connectivity index (χ0v) is 8.59. The van der Waals surface area contributed by atoms with E-state index in [1.165, 1.54) is 24.0 Å². The number of fused-ring (bicyclic) bond motifs is 1. The van der Waals surface area contributed by atoms with Gasteiger partial charge in [-0.25, -0.2) is 0 Å². The molecule has 0 fully saturated rings. The summed E-state index contributed by atoms with van der Waals surface area (Å²) in [5, 5.41) is 12.9. The fraction of sp³-hybridized carbons (Fsp3) is 0.500. The first-order valence-corrected chi connectivity index (χ1v) is 5.36. The van der Waals surface area contributed by atoms with E-state index in [2.05, 4.69) is 18.3 Å². The second-order valence-electron chi connectivity index (χ2n) is 3.93. The third-order valence-corrected chi connectivity index (χ3v) is 2.86. The van der Waals surface area contributed by atoms with Crippen molar-refractivity contribution in [1.82, 2.24) is 5.32 Å². The first-order chi connectivity index (χ1) is 6.81. The molecule has 2 N–H and O–H groups in total. The molecule has 0 bridgehead atoms. The quantitative estimate of drug-likeness (QED) is 0.752. The van der Waals surface area contributed by atoms with E-state index < -0.39 is 0 Å². The molecule has 0 spiro atoms. The third kappa shape index (κ3) is 1.75. The lowest BCUT2D eigenvalue weighted by Gasteiger charge is -2.26. The predicted molar refractivity (Wildman–Crippen MR) is 57.5 cm³/mol. The van der Waals surface area contributed by atoms with Gasteiger partial charge < -0.3 is 10.4 Å². The molecule has 0 amide bonds. The molecule has 2 nitrogen and oxygen atoms in total. The Morgan fingerprint density at radius 2 is 2.36 bits per heavy atom. The number of hydrogen-bond acceptors (Lipinski definition) is 2. The lowest BCUT2D eigenvalue weighted by Crippen LogP contribution is -2.29. The topological polar surface area (TPSA) is 32.3 Å². The second-order valence-corrected chi connectivity index (χ2v) is 3.93. The van der Waals surface area contributed by atoms with Crippen molar-refractivity contribution in [1.29, 1.82) is 0 Å². The minimum Gasteiger partial charge on any atom is -0.508 e. The monoisotopic (exact) mass is 191 g/mol. The van der Waals surface area contributed by atoms with Gasteiger partial charge in [0.1, 0.15) is 5.75 Å². The summed E-state index contributed by atoms with van der Waals surface area (Å²) in [4.78, 5) is 0. The highest BCUT2D eigenvalue weighted by atomic mass is 16.3. The molecule has 1 heterocycles. The van der Waals surface area contributed by atoms with Crippen molar-refractivity contribution in [3.05, 3.63) is 29.3 Å². The fourth-order valence-electron chi connectivity index (χ4n) is 2.19. The predicted octanol–water partition coefficient (Wildman–Crippen LogP) is 2.38. The minimum atomic E-state index is 0.390. The average Bonchev–Trinajstić information content (AvgIpc) is 2.18. The number of benzene rings is 1. The zero-order chi connectivity index (χ0) is 9.97. The van der Waals surface area contributed by atoms with Crippen molar-refractivity contribution in [2.45, 2.75) is 32.2 Å². The summed E-state index contributed by atoms with van der Waals surface area (Å²) < 4.78 is 0. The van der Waals surface area contributed by atoms with Crippen molar-refractivity contribution in [2.75, 3.05) is 6.54 Å². The number of phenols is 1. The van der Waals surface area contributed by atoms with Crippen LogP contribution >= 0.6 is 0 Å². The van der Waals surface area contributed by atoms with Crippen LogP contribution in [0.15, 0.2) is 18.2 Å². The Balaban J connectivity index is 2.30. The van der Waals surface area contributed by atoms with E-state index in [1.807, 2.05) is 6.07 Å². The summed E-state index contributed by atoms with van der Waals surface area (Å²) in [7, 11) is 0.